The number of ether oxygens (including phenoxy) is 1. The molecule has 10 heteroatoms. The Kier molecular flexibility index (Phi) is 6.87. The number of thiophene rings is 1. The van der Waals surface area contributed by atoms with Crippen molar-refractivity contribution in [1.82, 2.24) is 4.90 Å². The van der Waals surface area contributed by atoms with Gasteiger partial charge >= 0.3 is 5.97 Å². The third-order valence-electron chi connectivity index (χ3n) is 4.78. The van der Waals surface area contributed by atoms with Crippen LogP contribution < -0.4 is 5.32 Å². The highest BCUT2D eigenvalue weighted by atomic mass is 32.2. The minimum Gasteiger partial charge on any atom is -0.449 e. The van der Waals surface area contributed by atoms with Crippen molar-refractivity contribution in [3.8, 4) is 0 Å². The third kappa shape index (κ3) is 4.91. The molecular formula is C18H26N2O6S2. The lowest BCUT2D eigenvalue weighted by Crippen LogP contribution is -2.46. The van der Waals surface area contributed by atoms with E-state index in [4.69, 9.17) is 4.74 Å². The Morgan fingerprint density at radius 3 is 2.46 bits per heavy atom. The van der Waals surface area contributed by atoms with E-state index in [1.165, 1.54) is 30.1 Å². The summed E-state index contributed by atoms with van der Waals surface area (Å²) in [6.45, 7) is 8.49. The van der Waals surface area contributed by atoms with Crippen molar-refractivity contribution >= 4 is 44.0 Å². The number of hydrogen-bond donors (Lipinski definition) is 1. The number of likely N-dealkylation sites (N-methyl/N-ethyl adjacent to an activating group) is 1. The second-order valence-corrected chi connectivity index (χ2v) is 10.4. The Morgan fingerprint density at radius 1 is 1.32 bits per heavy atom. The zero-order valence-corrected chi connectivity index (χ0v) is 18.3. The van der Waals surface area contributed by atoms with Crippen LogP contribution in [0.3, 0.4) is 0 Å². The summed E-state index contributed by atoms with van der Waals surface area (Å²) in [6, 6.07) is -0.399. The summed E-state index contributed by atoms with van der Waals surface area (Å²) in [5, 5.41) is 3.01. The third-order valence-corrected chi connectivity index (χ3v) is 7.66. The van der Waals surface area contributed by atoms with Crippen LogP contribution in [0.1, 0.15) is 48.0 Å². The van der Waals surface area contributed by atoms with Crippen molar-refractivity contribution in [3.63, 3.8) is 0 Å². The standard InChI is InChI=1S/C18H26N2O6S2/c1-6-20(14-7-8-28(24,25)9-14)17(22)11(3)26-18(23)15-10(2)12(4)27-16(15)19-13(5)21/h11,14H,6-9H2,1-5H3,(H,19,21)/t11-,14-/m0/s1. The molecule has 1 N–H and O–H groups in total. The van der Waals surface area contributed by atoms with Crippen LogP contribution in [0.5, 0.6) is 0 Å². The molecule has 1 aliphatic rings. The van der Waals surface area contributed by atoms with E-state index in [2.05, 4.69) is 5.32 Å². The van der Waals surface area contributed by atoms with Gasteiger partial charge < -0.3 is 15.0 Å². The molecule has 28 heavy (non-hydrogen) atoms. The molecule has 1 aliphatic heterocycles. The number of amides is 2. The fourth-order valence-electron chi connectivity index (χ4n) is 3.24. The second kappa shape index (κ2) is 8.60. The zero-order valence-electron chi connectivity index (χ0n) is 16.7. The number of sulfone groups is 1. The minimum absolute atomic E-state index is 0.0586. The molecule has 0 spiro atoms. The van der Waals surface area contributed by atoms with Crippen molar-refractivity contribution in [2.75, 3.05) is 23.4 Å². The molecule has 2 rings (SSSR count). The SMILES string of the molecule is CCN(C(=O)[C@H](C)OC(=O)c1c(NC(C)=O)sc(C)c1C)[C@H]1CCS(=O)(=O)C1. The van der Waals surface area contributed by atoms with Crippen molar-refractivity contribution < 1.29 is 27.5 Å². The maximum Gasteiger partial charge on any atom is 0.342 e. The summed E-state index contributed by atoms with van der Waals surface area (Å²) in [6.07, 6.45) is -0.682. The molecule has 0 unspecified atom stereocenters. The summed E-state index contributed by atoms with van der Waals surface area (Å²) in [5.41, 5.74) is 0.927. The van der Waals surface area contributed by atoms with Crippen LogP contribution in [-0.2, 0) is 24.2 Å². The number of rotatable bonds is 6. The van der Waals surface area contributed by atoms with Crippen molar-refractivity contribution in [1.29, 1.82) is 0 Å². The molecule has 0 saturated carbocycles. The van der Waals surface area contributed by atoms with E-state index in [1.54, 1.807) is 13.8 Å². The normalized spacial score (nSPS) is 19.1. The molecule has 2 amide bonds. The van der Waals surface area contributed by atoms with Gasteiger partial charge in [-0.05, 0) is 39.7 Å². The summed E-state index contributed by atoms with van der Waals surface area (Å²) >= 11 is 1.27. The van der Waals surface area contributed by atoms with Gasteiger partial charge in [0.25, 0.3) is 5.91 Å². The molecule has 1 saturated heterocycles. The van der Waals surface area contributed by atoms with Crippen molar-refractivity contribution in [2.45, 2.75) is 53.2 Å². The van der Waals surface area contributed by atoms with Gasteiger partial charge in [0.2, 0.25) is 5.91 Å². The first-order valence-electron chi connectivity index (χ1n) is 9.06. The first-order valence-corrected chi connectivity index (χ1v) is 11.7. The highest BCUT2D eigenvalue weighted by Crippen LogP contribution is 2.33. The van der Waals surface area contributed by atoms with Crippen molar-refractivity contribution in [2.24, 2.45) is 0 Å². The number of hydrogen-bond acceptors (Lipinski definition) is 7. The lowest BCUT2D eigenvalue weighted by molar-refractivity contribution is -0.141. The van der Waals surface area contributed by atoms with E-state index in [0.29, 0.717) is 23.5 Å². The van der Waals surface area contributed by atoms with E-state index in [-0.39, 0.29) is 23.0 Å². The number of carbonyl (C=O) groups excluding carboxylic acids is 3. The molecule has 1 fully saturated rings. The summed E-state index contributed by atoms with van der Waals surface area (Å²) in [5.74, 6) is -1.43. The maximum absolute atomic E-state index is 12.8. The Balaban J connectivity index is 2.15. The largest absolute Gasteiger partial charge is 0.449 e. The van der Waals surface area contributed by atoms with E-state index in [0.717, 1.165) is 4.88 Å². The number of anilines is 1. The Bertz CT molecular complexity index is 890. The number of nitrogens with zero attached hydrogens (tertiary/aromatic N) is 1. The van der Waals surface area contributed by atoms with E-state index in [1.807, 2.05) is 6.92 Å². The number of nitrogens with one attached hydrogen (secondary N) is 1. The number of carbonyl (C=O) groups is 3. The molecule has 1 aromatic rings. The van der Waals surface area contributed by atoms with E-state index < -0.39 is 33.9 Å². The summed E-state index contributed by atoms with van der Waals surface area (Å²) in [4.78, 5) is 39.2. The molecule has 156 valence electrons. The van der Waals surface area contributed by atoms with Crippen LogP contribution in [0.2, 0.25) is 0 Å². The number of aryl methyl sites for hydroxylation is 1. The van der Waals surface area contributed by atoms with Gasteiger partial charge in [-0.1, -0.05) is 0 Å². The second-order valence-electron chi connectivity index (χ2n) is 6.90. The molecule has 2 atom stereocenters. The number of esters is 1. The van der Waals surface area contributed by atoms with Gasteiger partial charge in [-0.25, -0.2) is 13.2 Å². The van der Waals surface area contributed by atoms with Gasteiger partial charge in [0.15, 0.2) is 15.9 Å². The smallest absolute Gasteiger partial charge is 0.342 e. The topological polar surface area (TPSA) is 110 Å². The average Bonchev–Trinajstić information content (AvgIpc) is 3.06. The molecule has 0 aromatic carbocycles. The van der Waals surface area contributed by atoms with Gasteiger partial charge in [0.05, 0.1) is 17.1 Å². The lowest BCUT2D eigenvalue weighted by atomic mass is 10.1. The molecule has 8 nitrogen and oxygen atoms in total. The van der Waals surface area contributed by atoms with E-state index >= 15 is 0 Å². The Morgan fingerprint density at radius 2 is 1.96 bits per heavy atom. The van der Waals surface area contributed by atoms with Crippen LogP contribution in [0.25, 0.3) is 0 Å². The first-order chi connectivity index (χ1) is 13.0. The fraction of sp³-hybridized carbons (Fsp3) is 0.611. The van der Waals surface area contributed by atoms with Crippen LogP contribution >= 0.6 is 11.3 Å². The molecule has 0 radical (unpaired) electrons. The first kappa shape index (κ1) is 22.4. The zero-order chi connectivity index (χ0) is 21.2. The molecular weight excluding hydrogens is 404 g/mol. The van der Waals surface area contributed by atoms with Gasteiger partial charge in [-0.15, -0.1) is 11.3 Å². The van der Waals surface area contributed by atoms with Crippen LogP contribution in [0.4, 0.5) is 5.00 Å². The Labute approximate surface area is 169 Å². The fourth-order valence-corrected chi connectivity index (χ4v) is 6.06. The van der Waals surface area contributed by atoms with Gasteiger partial charge in [0.1, 0.15) is 5.00 Å². The van der Waals surface area contributed by atoms with Crippen LogP contribution in [0.15, 0.2) is 0 Å². The quantitative estimate of drug-likeness (QED) is 0.691. The Hall–Kier alpha value is -1.94. The minimum atomic E-state index is -3.14. The van der Waals surface area contributed by atoms with Gasteiger partial charge in [-0.3, -0.25) is 9.59 Å². The van der Waals surface area contributed by atoms with Gasteiger partial charge in [-0.2, -0.15) is 0 Å². The molecule has 1 aromatic heterocycles. The highest BCUT2D eigenvalue weighted by molar-refractivity contribution is 7.91. The summed E-state index contributed by atoms with van der Waals surface area (Å²) in [7, 11) is -3.14. The molecule has 0 bridgehead atoms. The summed E-state index contributed by atoms with van der Waals surface area (Å²) < 4.78 is 28.8. The molecule has 2 heterocycles. The van der Waals surface area contributed by atoms with E-state index in [9.17, 15) is 22.8 Å². The van der Waals surface area contributed by atoms with Crippen molar-refractivity contribution in [3.05, 3.63) is 16.0 Å². The monoisotopic (exact) mass is 430 g/mol. The van der Waals surface area contributed by atoms with Crippen LogP contribution in [-0.4, -0.2) is 61.3 Å². The maximum atomic E-state index is 12.8. The predicted molar refractivity (Wildman–Crippen MR) is 107 cm³/mol. The van der Waals surface area contributed by atoms with Crippen LogP contribution in [0, 0.1) is 13.8 Å². The average molecular weight is 431 g/mol. The molecule has 0 aliphatic carbocycles. The predicted octanol–water partition coefficient (Wildman–Crippen LogP) is 1.90. The lowest BCUT2D eigenvalue weighted by Gasteiger charge is -2.29. The highest BCUT2D eigenvalue weighted by Gasteiger charge is 2.36. The van der Waals surface area contributed by atoms with Gasteiger partial charge in [0, 0.05) is 24.4 Å².